The van der Waals surface area contributed by atoms with Gasteiger partial charge in [-0.2, -0.15) is 0 Å². The molecule has 1 aliphatic rings. The molecule has 7 heteroatoms. The van der Waals surface area contributed by atoms with Gasteiger partial charge in [0.1, 0.15) is 22.4 Å². The van der Waals surface area contributed by atoms with Crippen LogP contribution in [0, 0.1) is 12.8 Å². The molecule has 6 nitrogen and oxygen atoms in total. The highest BCUT2D eigenvalue weighted by Gasteiger charge is 2.25. The first-order valence-corrected chi connectivity index (χ1v) is 9.30. The monoisotopic (exact) mass is 368 g/mol. The minimum Gasteiger partial charge on any atom is -0.444 e. The summed E-state index contributed by atoms with van der Waals surface area (Å²) in [6, 6.07) is 0. The van der Waals surface area contributed by atoms with E-state index in [0.717, 1.165) is 50.8 Å². The molecule has 1 aromatic heterocycles. The first kappa shape index (κ1) is 19.8. The van der Waals surface area contributed by atoms with Gasteiger partial charge in [-0.3, -0.25) is 0 Å². The van der Waals surface area contributed by atoms with Crippen LogP contribution in [0.4, 0.5) is 10.6 Å². The van der Waals surface area contributed by atoms with E-state index in [1.54, 1.807) is 6.92 Å². The van der Waals surface area contributed by atoms with Gasteiger partial charge >= 0.3 is 6.09 Å². The van der Waals surface area contributed by atoms with Gasteiger partial charge < -0.3 is 15.4 Å². The van der Waals surface area contributed by atoms with Crippen LogP contribution < -0.4 is 5.73 Å². The van der Waals surface area contributed by atoms with Gasteiger partial charge in [0.2, 0.25) is 0 Å². The molecule has 140 valence electrons. The molecule has 1 atom stereocenters. The molecule has 1 aliphatic heterocycles. The highest BCUT2D eigenvalue weighted by atomic mass is 35.5. The van der Waals surface area contributed by atoms with Crippen LogP contribution in [0.3, 0.4) is 0 Å². The van der Waals surface area contributed by atoms with E-state index >= 15 is 0 Å². The third kappa shape index (κ3) is 6.03. The van der Waals surface area contributed by atoms with Gasteiger partial charge in [-0.15, -0.1) is 0 Å². The first-order chi connectivity index (χ1) is 11.7. The van der Waals surface area contributed by atoms with Crippen LogP contribution in [0.1, 0.15) is 57.8 Å². The van der Waals surface area contributed by atoms with E-state index in [1.165, 1.54) is 0 Å². The van der Waals surface area contributed by atoms with Crippen molar-refractivity contribution < 1.29 is 9.53 Å². The zero-order chi connectivity index (χ0) is 18.6. The Morgan fingerprint density at radius 3 is 2.68 bits per heavy atom. The number of halogens is 1. The molecule has 0 unspecified atom stereocenters. The van der Waals surface area contributed by atoms with Crippen molar-refractivity contribution in [1.29, 1.82) is 0 Å². The van der Waals surface area contributed by atoms with E-state index in [4.69, 9.17) is 22.1 Å². The summed E-state index contributed by atoms with van der Waals surface area (Å²) in [6.45, 7) is 8.94. The topological polar surface area (TPSA) is 81.3 Å². The molecule has 0 aliphatic carbocycles. The molecule has 25 heavy (non-hydrogen) atoms. The number of ether oxygens (including phenoxy) is 1. The number of amides is 1. The van der Waals surface area contributed by atoms with Crippen LogP contribution in [-0.2, 0) is 11.2 Å². The summed E-state index contributed by atoms with van der Waals surface area (Å²) >= 11 is 6.21. The number of rotatable bonds is 3. The average molecular weight is 369 g/mol. The Hall–Kier alpha value is -1.56. The summed E-state index contributed by atoms with van der Waals surface area (Å²) in [5, 5.41) is 0.453. The molecular weight excluding hydrogens is 340 g/mol. The fourth-order valence-corrected chi connectivity index (χ4v) is 3.44. The standard InChI is InChI=1S/C18H29ClN4O2/c1-12-21-15(19)14(16(20)22-12)8-7-13-6-5-10-23(11-9-13)17(24)25-18(2,3)4/h13H,5-11H2,1-4H3,(H2,20,21,22)/t13-/m1/s1. The van der Waals surface area contributed by atoms with Gasteiger partial charge in [0.15, 0.2) is 0 Å². The van der Waals surface area contributed by atoms with Crippen molar-refractivity contribution in [2.75, 3.05) is 18.8 Å². The van der Waals surface area contributed by atoms with Gasteiger partial charge in [0.25, 0.3) is 0 Å². The average Bonchev–Trinajstić information content (AvgIpc) is 2.70. The van der Waals surface area contributed by atoms with Crippen molar-refractivity contribution in [3.05, 3.63) is 16.5 Å². The highest BCUT2D eigenvalue weighted by molar-refractivity contribution is 6.30. The molecule has 0 radical (unpaired) electrons. The van der Waals surface area contributed by atoms with E-state index in [1.807, 2.05) is 25.7 Å². The second kappa shape index (κ2) is 8.21. The maximum absolute atomic E-state index is 12.2. The highest BCUT2D eigenvalue weighted by Crippen LogP contribution is 2.27. The van der Waals surface area contributed by atoms with Crippen LogP contribution in [0.15, 0.2) is 0 Å². The van der Waals surface area contributed by atoms with E-state index in [-0.39, 0.29) is 6.09 Å². The second-order valence-electron chi connectivity index (χ2n) is 7.73. The zero-order valence-electron chi connectivity index (χ0n) is 15.6. The lowest BCUT2D eigenvalue weighted by molar-refractivity contribution is 0.0255. The van der Waals surface area contributed by atoms with Crippen molar-refractivity contribution in [3.8, 4) is 0 Å². The zero-order valence-corrected chi connectivity index (χ0v) is 16.4. The van der Waals surface area contributed by atoms with Gasteiger partial charge in [0, 0.05) is 18.7 Å². The number of anilines is 1. The van der Waals surface area contributed by atoms with Crippen molar-refractivity contribution in [2.45, 2.75) is 65.4 Å². The molecule has 1 fully saturated rings. The quantitative estimate of drug-likeness (QED) is 0.815. The number of carbonyl (C=O) groups excluding carboxylic acids is 1. The molecule has 0 spiro atoms. The third-order valence-corrected chi connectivity index (χ3v) is 4.72. The van der Waals surface area contributed by atoms with Crippen LogP contribution in [-0.4, -0.2) is 39.7 Å². The Balaban J connectivity index is 1.88. The Morgan fingerprint density at radius 2 is 2.04 bits per heavy atom. The Morgan fingerprint density at radius 1 is 1.32 bits per heavy atom. The Bertz CT molecular complexity index is 593. The summed E-state index contributed by atoms with van der Waals surface area (Å²) in [6.07, 6.45) is 4.55. The number of nitrogens with zero attached hydrogens (tertiary/aromatic N) is 3. The van der Waals surface area contributed by atoms with Crippen molar-refractivity contribution in [2.24, 2.45) is 5.92 Å². The second-order valence-corrected chi connectivity index (χ2v) is 8.09. The summed E-state index contributed by atoms with van der Waals surface area (Å²) in [4.78, 5) is 22.4. The molecule has 1 amide bonds. The number of nitrogen functional groups attached to an aromatic ring is 1. The molecule has 1 aromatic rings. The van der Waals surface area contributed by atoms with E-state index in [9.17, 15) is 4.79 Å². The third-order valence-electron chi connectivity index (χ3n) is 4.40. The van der Waals surface area contributed by atoms with Gasteiger partial charge in [-0.1, -0.05) is 11.6 Å². The van der Waals surface area contributed by atoms with Gasteiger partial charge in [-0.05, 0) is 65.7 Å². The lowest BCUT2D eigenvalue weighted by Gasteiger charge is -2.26. The lowest BCUT2D eigenvalue weighted by atomic mass is 9.93. The van der Waals surface area contributed by atoms with Crippen LogP contribution in [0.2, 0.25) is 5.15 Å². The fourth-order valence-electron chi connectivity index (χ4n) is 3.12. The minimum atomic E-state index is -0.456. The maximum atomic E-state index is 12.2. The van der Waals surface area contributed by atoms with Crippen molar-refractivity contribution in [1.82, 2.24) is 14.9 Å². The SMILES string of the molecule is Cc1nc(N)c(CC[C@H]2CCCN(C(=O)OC(C)(C)C)CC2)c(Cl)n1. The Kier molecular flexibility index (Phi) is 6.49. The van der Waals surface area contributed by atoms with Crippen molar-refractivity contribution >= 4 is 23.5 Å². The summed E-state index contributed by atoms with van der Waals surface area (Å²) in [7, 11) is 0. The summed E-state index contributed by atoms with van der Waals surface area (Å²) < 4.78 is 5.48. The largest absolute Gasteiger partial charge is 0.444 e. The number of carbonyl (C=O) groups is 1. The summed E-state index contributed by atoms with van der Waals surface area (Å²) in [5.74, 6) is 1.60. The molecule has 2 N–H and O–H groups in total. The molecule has 0 aromatic carbocycles. The first-order valence-electron chi connectivity index (χ1n) is 8.92. The van der Waals surface area contributed by atoms with Crippen LogP contribution >= 0.6 is 11.6 Å². The fraction of sp³-hybridized carbons (Fsp3) is 0.722. The molecule has 0 bridgehead atoms. The molecule has 1 saturated heterocycles. The lowest BCUT2D eigenvalue weighted by Crippen LogP contribution is -2.37. The molecule has 2 heterocycles. The number of aromatic nitrogens is 2. The predicted octanol–water partition coefficient (Wildman–Crippen LogP) is 3.99. The van der Waals surface area contributed by atoms with Crippen LogP contribution in [0.25, 0.3) is 0 Å². The minimum absolute atomic E-state index is 0.215. The van der Waals surface area contributed by atoms with Crippen LogP contribution in [0.5, 0.6) is 0 Å². The predicted molar refractivity (Wildman–Crippen MR) is 99.7 cm³/mol. The van der Waals surface area contributed by atoms with E-state index < -0.39 is 5.60 Å². The van der Waals surface area contributed by atoms with Crippen molar-refractivity contribution in [3.63, 3.8) is 0 Å². The Labute approximate surface area is 155 Å². The van der Waals surface area contributed by atoms with E-state index in [2.05, 4.69) is 9.97 Å². The van der Waals surface area contributed by atoms with E-state index in [0.29, 0.717) is 22.7 Å². The number of likely N-dealkylation sites (tertiary alicyclic amines) is 1. The summed E-state index contributed by atoms with van der Waals surface area (Å²) in [5.41, 5.74) is 6.36. The van der Waals surface area contributed by atoms with Gasteiger partial charge in [0.05, 0.1) is 0 Å². The number of hydrogen-bond acceptors (Lipinski definition) is 5. The van der Waals surface area contributed by atoms with Gasteiger partial charge in [-0.25, -0.2) is 14.8 Å². The number of aryl methyl sites for hydroxylation is 1. The number of hydrogen-bond donors (Lipinski definition) is 1. The number of nitrogens with two attached hydrogens (primary N) is 1. The smallest absolute Gasteiger partial charge is 0.410 e. The molecule has 0 saturated carbocycles. The normalized spacial score (nSPS) is 18.8. The molecule has 2 rings (SSSR count). The molecular formula is C18H29ClN4O2. The maximum Gasteiger partial charge on any atom is 0.410 e.